The smallest absolute Gasteiger partial charge is 0.0263 e. The number of hydrogen-bond donors (Lipinski definition) is 0. The Kier molecular flexibility index (Phi) is 4.41. The van der Waals surface area contributed by atoms with E-state index in [0.717, 1.165) is 35.5 Å². The van der Waals surface area contributed by atoms with Crippen molar-refractivity contribution < 1.29 is 0 Å². The molecule has 0 radical (unpaired) electrons. The van der Waals surface area contributed by atoms with E-state index in [2.05, 4.69) is 33.4 Å². The highest BCUT2D eigenvalue weighted by Crippen LogP contribution is 2.68. The first-order valence-corrected chi connectivity index (χ1v) is 11.1. The van der Waals surface area contributed by atoms with Gasteiger partial charge in [0, 0.05) is 0 Å². The van der Waals surface area contributed by atoms with Gasteiger partial charge in [0.05, 0.1) is 0 Å². The quantitative estimate of drug-likeness (QED) is 0.479. The van der Waals surface area contributed by atoms with Crippen molar-refractivity contribution >= 4 is 0 Å². The summed E-state index contributed by atoms with van der Waals surface area (Å²) in [5.41, 5.74) is 1.33. The Bertz CT molecular complexity index is 478. The van der Waals surface area contributed by atoms with Crippen LogP contribution in [0.2, 0.25) is 0 Å². The second kappa shape index (κ2) is 6.17. The van der Waals surface area contributed by atoms with Crippen LogP contribution in [0, 0.1) is 46.3 Å². The summed E-state index contributed by atoms with van der Waals surface area (Å²) in [4.78, 5) is 0. The fourth-order valence-corrected chi connectivity index (χ4v) is 8.41. The first-order valence-electron chi connectivity index (χ1n) is 11.1. The van der Waals surface area contributed by atoms with Gasteiger partial charge < -0.3 is 0 Å². The van der Waals surface area contributed by atoms with Gasteiger partial charge in [0.15, 0.2) is 0 Å². The topological polar surface area (TPSA) is 0 Å². The van der Waals surface area contributed by atoms with E-state index in [1.54, 1.807) is 19.3 Å². The molecule has 0 nitrogen and oxygen atoms in total. The van der Waals surface area contributed by atoms with Gasteiger partial charge in [-0.15, -0.1) is 6.58 Å². The lowest BCUT2D eigenvalue weighted by Gasteiger charge is -2.61. The van der Waals surface area contributed by atoms with Crippen LogP contribution in [0.1, 0.15) is 91.4 Å². The van der Waals surface area contributed by atoms with Crippen LogP contribution in [0.4, 0.5) is 0 Å². The monoisotopic (exact) mass is 328 g/mol. The van der Waals surface area contributed by atoms with Crippen LogP contribution >= 0.6 is 0 Å². The van der Waals surface area contributed by atoms with E-state index < -0.39 is 0 Å². The van der Waals surface area contributed by atoms with Crippen molar-refractivity contribution in [2.45, 2.75) is 91.4 Å². The lowest BCUT2D eigenvalue weighted by Crippen LogP contribution is -2.53. The van der Waals surface area contributed by atoms with Gasteiger partial charge in [0.25, 0.3) is 0 Å². The Labute approximate surface area is 150 Å². The molecule has 136 valence electrons. The molecule has 0 aliphatic heterocycles. The van der Waals surface area contributed by atoms with Crippen molar-refractivity contribution in [2.75, 3.05) is 0 Å². The number of fused-ring (bicyclic) bond motifs is 5. The van der Waals surface area contributed by atoms with Gasteiger partial charge in [-0.1, -0.05) is 33.3 Å². The molecule has 4 aliphatic rings. The van der Waals surface area contributed by atoms with Crippen molar-refractivity contribution in [1.82, 2.24) is 0 Å². The average Bonchev–Trinajstić information content (AvgIpc) is 2.91. The highest BCUT2D eigenvalue weighted by molar-refractivity contribution is 5.09. The summed E-state index contributed by atoms with van der Waals surface area (Å²) in [7, 11) is 0. The number of hydrogen-bond acceptors (Lipinski definition) is 0. The predicted octanol–water partition coefficient (Wildman–Crippen LogP) is 7.25. The summed E-state index contributed by atoms with van der Waals surface area (Å²) < 4.78 is 0. The minimum Gasteiger partial charge on any atom is -0.103 e. The van der Waals surface area contributed by atoms with Gasteiger partial charge in [-0.05, 0) is 111 Å². The zero-order valence-electron chi connectivity index (χ0n) is 16.5. The Morgan fingerprint density at radius 2 is 1.67 bits per heavy atom. The highest BCUT2D eigenvalue weighted by atomic mass is 14.6. The molecular weight excluding hydrogens is 288 g/mol. The molecule has 4 fully saturated rings. The van der Waals surface area contributed by atoms with Gasteiger partial charge in [0.1, 0.15) is 0 Å². The minimum absolute atomic E-state index is 0.638. The Morgan fingerprint density at radius 3 is 2.42 bits per heavy atom. The SMILES string of the molecule is C=CCC1CCC2C3CCC4C[C@@H](CC)CC[C@]4(C)C3CCC12C. The normalized spacial score (nSPS) is 53.8. The van der Waals surface area contributed by atoms with E-state index in [4.69, 9.17) is 0 Å². The van der Waals surface area contributed by atoms with Gasteiger partial charge in [0.2, 0.25) is 0 Å². The molecule has 0 saturated heterocycles. The van der Waals surface area contributed by atoms with Gasteiger partial charge in [-0.3, -0.25) is 0 Å². The summed E-state index contributed by atoms with van der Waals surface area (Å²) in [6, 6.07) is 0. The molecule has 0 N–H and O–H groups in total. The van der Waals surface area contributed by atoms with E-state index in [9.17, 15) is 0 Å². The number of allylic oxidation sites excluding steroid dienone is 1. The van der Waals surface area contributed by atoms with Crippen LogP contribution in [-0.2, 0) is 0 Å². The second-order valence-corrected chi connectivity index (χ2v) is 10.5. The maximum Gasteiger partial charge on any atom is -0.0263 e. The third-order valence-corrected chi connectivity index (χ3v) is 10.00. The molecule has 0 spiro atoms. The maximum atomic E-state index is 4.05. The largest absolute Gasteiger partial charge is 0.103 e. The second-order valence-electron chi connectivity index (χ2n) is 10.5. The Hall–Kier alpha value is -0.260. The third-order valence-electron chi connectivity index (χ3n) is 10.00. The van der Waals surface area contributed by atoms with Crippen LogP contribution < -0.4 is 0 Å². The van der Waals surface area contributed by atoms with E-state index >= 15 is 0 Å². The fourth-order valence-electron chi connectivity index (χ4n) is 8.41. The Balaban J connectivity index is 1.56. The Morgan fingerprint density at radius 1 is 0.917 bits per heavy atom. The predicted molar refractivity (Wildman–Crippen MR) is 104 cm³/mol. The van der Waals surface area contributed by atoms with Gasteiger partial charge in [-0.2, -0.15) is 0 Å². The van der Waals surface area contributed by atoms with Crippen LogP contribution in [0.3, 0.4) is 0 Å². The molecule has 6 unspecified atom stereocenters. The molecule has 0 amide bonds. The molecular formula is C24H40. The van der Waals surface area contributed by atoms with Crippen LogP contribution in [0.25, 0.3) is 0 Å². The van der Waals surface area contributed by atoms with Gasteiger partial charge in [-0.25, -0.2) is 0 Å². The summed E-state index contributed by atoms with van der Waals surface area (Å²) >= 11 is 0. The average molecular weight is 329 g/mol. The molecule has 0 bridgehead atoms. The van der Waals surface area contributed by atoms with Crippen molar-refractivity contribution in [3.8, 4) is 0 Å². The zero-order chi connectivity index (χ0) is 16.9. The van der Waals surface area contributed by atoms with Crippen molar-refractivity contribution in [3.63, 3.8) is 0 Å². The summed E-state index contributed by atoms with van der Waals surface area (Å²) in [6.45, 7) is 11.9. The van der Waals surface area contributed by atoms with Crippen molar-refractivity contribution in [2.24, 2.45) is 46.3 Å². The molecule has 24 heavy (non-hydrogen) atoms. The van der Waals surface area contributed by atoms with Gasteiger partial charge >= 0.3 is 0 Å². The minimum atomic E-state index is 0.638. The number of rotatable bonds is 3. The molecule has 0 aromatic carbocycles. The lowest BCUT2D eigenvalue weighted by atomic mass is 9.44. The summed E-state index contributed by atoms with van der Waals surface area (Å²) in [5, 5.41) is 0. The molecule has 0 aromatic rings. The van der Waals surface area contributed by atoms with Crippen molar-refractivity contribution in [3.05, 3.63) is 12.7 Å². The first kappa shape index (κ1) is 17.2. The molecule has 4 rings (SSSR count). The molecule has 0 heteroatoms. The molecule has 4 aliphatic carbocycles. The van der Waals surface area contributed by atoms with Crippen molar-refractivity contribution in [1.29, 1.82) is 0 Å². The third kappa shape index (κ3) is 2.38. The first-order chi connectivity index (χ1) is 11.5. The van der Waals surface area contributed by atoms with Crippen LogP contribution in [-0.4, -0.2) is 0 Å². The van der Waals surface area contributed by atoms with E-state index in [-0.39, 0.29) is 0 Å². The standard InChI is InChI=1S/C24H40/c1-5-7-18-9-11-21-20-10-8-19-16-17(6-2)12-14-24(19,4)22(20)13-15-23(18,21)3/h5,17-22H,1,6-16H2,2-4H3/t17-,18?,19?,20?,21?,22?,23?,24-/m0/s1. The van der Waals surface area contributed by atoms with Crippen LogP contribution in [0.5, 0.6) is 0 Å². The zero-order valence-corrected chi connectivity index (χ0v) is 16.5. The summed E-state index contributed by atoms with van der Waals surface area (Å²) in [5.74, 6) is 6.15. The molecule has 8 atom stereocenters. The van der Waals surface area contributed by atoms with E-state index in [0.29, 0.717) is 10.8 Å². The highest BCUT2D eigenvalue weighted by Gasteiger charge is 2.59. The summed E-state index contributed by atoms with van der Waals surface area (Å²) in [6.07, 6.45) is 18.7. The van der Waals surface area contributed by atoms with E-state index in [1.807, 2.05) is 0 Å². The molecule has 0 aromatic heterocycles. The fraction of sp³-hybridized carbons (Fsp3) is 0.917. The maximum absolute atomic E-state index is 4.05. The van der Waals surface area contributed by atoms with E-state index in [1.165, 1.54) is 51.4 Å². The molecule has 4 saturated carbocycles. The molecule has 0 heterocycles. The van der Waals surface area contributed by atoms with Crippen LogP contribution in [0.15, 0.2) is 12.7 Å². The lowest BCUT2D eigenvalue weighted by molar-refractivity contribution is -0.118.